The monoisotopic (exact) mass is 416 g/mol. The summed E-state index contributed by atoms with van der Waals surface area (Å²) in [7, 11) is 0. The summed E-state index contributed by atoms with van der Waals surface area (Å²) in [6.07, 6.45) is 5.39. The Kier molecular flexibility index (Phi) is 6.78. The van der Waals surface area contributed by atoms with Gasteiger partial charge in [-0.2, -0.15) is 0 Å². The fraction of sp³-hybridized carbons (Fsp3) is 0.652. The number of carbonyl (C=O) groups is 2. The van der Waals surface area contributed by atoms with Crippen molar-refractivity contribution in [1.29, 1.82) is 0 Å². The summed E-state index contributed by atoms with van der Waals surface area (Å²) in [5.74, 6) is 0.347. The number of hydrogen-bond donors (Lipinski definition) is 3. The molecule has 0 radical (unpaired) electrons. The Morgan fingerprint density at radius 3 is 2.23 bits per heavy atom. The van der Waals surface area contributed by atoms with Gasteiger partial charge in [0.05, 0.1) is 5.54 Å². The Morgan fingerprint density at radius 1 is 1.03 bits per heavy atom. The molecule has 1 heterocycles. The number of nitrogens with zero attached hydrogens (tertiary/aromatic N) is 1. The van der Waals surface area contributed by atoms with Crippen molar-refractivity contribution in [2.75, 3.05) is 29.9 Å². The van der Waals surface area contributed by atoms with Crippen molar-refractivity contribution in [3.8, 4) is 0 Å². The van der Waals surface area contributed by atoms with Crippen molar-refractivity contribution >= 4 is 23.5 Å². The Balaban J connectivity index is 1.53. The number of hydrogen-bond acceptors (Lipinski definition) is 4. The summed E-state index contributed by atoms with van der Waals surface area (Å²) >= 11 is 0. The number of carbonyl (C=O) groups excluding carboxylic acids is 2. The molecular weight excluding hydrogens is 380 g/mol. The van der Waals surface area contributed by atoms with Crippen LogP contribution in [0.4, 0.5) is 21.0 Å². The summed E-state index contributed by atoms with van der Waals surface area (Å²) in [4.78, 5) is 27.1. The van der Waals surface area contributed by atoms with Crippen molar-refractivity contribution in [2.45, 2.75) is 70.9 Å². The Labute approximate surface area is 179 Å². The van der Waals surface area contributed by atoms with Crippen LogP contribution in [0, 0.1) is 5.92 Å². The van der Waals surface area contributed by atoms with Gasteiger partial charge in [-0.05, 0) is 90.0 Å². The maximum Gasteiger partial charge on any atom is 0.407 e. The molecule has 7 heteroatoms. The average molecular weight is 417 g/mol. The Morgan fingerprint density at radius 2 is 1.67 bits per heavy atom. The Bertz CT molecular complexity index is 734. The lowest BCUT2D eigenvalue weighted by molar-refractivity contribution is 0.0509. The van der Waals surface area contributed by atoms with Gasteiger partial charge < -0.3 is 25.6 Å². The van der Waals surface area contributed by atoms with Crippen LogP contribution in [-0.4, -0.2) is 42.9 Å². The number of urea groups is 1. The van der Waals surface area contributed by atoms with E-state index >= 15 is 0 Å². The zero-order valence-corrected chi connectivity index (χ0v) is 18.7. The first-order valence-electron chi connectivity index (χ1n) is 11.1. The summed E-state index contributed by atoms with van der Waals surface area (Å²) in [5.41, 5.74) is 0.886. The molecule has 0 aromatic heterocycles. The minimum atomic E-state index is -0.550. The van der Waals surface area contributed by atoms with E-state index in [9.17, 15) is 9.59 Å². The summed E-state index contributed by atoms with van der Waals surface area (Å²) in [5, 5.41) is 8.80. The summed E-state index contributed by atoms with van der Waals surface area (Å²) in [6, 6.07) is 7.74. The highest BCUT2D eigenvalue weighted by Gasteiger charge is 2.43. The quantitative estimate of drug-likeness (QED) is 0.638. The van der Waals surface area contributed by atoms with Crippen molar-refractivity contribution in [3.63, 3.8) is 0 Å². The van der Waals surface area contributed by atoms with Crippen LogP contribution in [0.5, 0.6) is 0 Å². The average Bonchev–Trinajstić information content (AvgIpc) is 3.52. The van der Waals surface area contributed by atoms with Gasteiger partial charge in [0.1, 0.15) is 5.60 Å². The van der Waals surface area contributed by atoms with Crippen LogP contribution in [-0.2, 0) is 4.74 Å². The zero-order chi connectivity index (χ0) is 21.8. The normalized spacial score (nSPS) is 18.9. The molecule has 0 bridgehead atoms. The van der Waals surface area contributed by atoms with E-state index in [-0.39, 0.29) is 6.03 Å². The summed E-state index contributed by atoms with van der Waals surface area (Å²) < 4.78 is 5.31. The number of benzene rings is 1. The highest BCUT2D eigenvalue weighted by atomic mass is 16.6. The molecular formula is C23H36N4O3. The molecule has 30 heavy (non-hydrogen) atoms. The molecule has 2 fully saturated rings. The lowest BCUT2D eigenvalue weighted by atomic mass is 9.96. The molecule has 0 spiro atoms. The number of nitrogens with one attached hydrogen (secondary N) is 3. The SMILES string of the molecule is CC(C)(C)OC(=O)NC[C@@](C)(NC(=O)Nc1ccc(N2CCCCC2)cc1)C1CC1. The predicted octanol–water partition coefficient (Wildman–Crippen LogP) is 4.49. The lowest BCUT2D eigenvalue weighted by Crippen LogP contribution is -2.56. The predicted molar refractivity (Wildman–Crippen MR) is 120 cm³/mol. The van der Waals surface area contributed by atoms with Gasteiger partial charge in [0, 0.05) is 31.0 Å². The minimum absolute atomic E-state index is 0.263. The van der Waals surface area contributed by atoms with E-state index in [0.29, 0.717) is 12.5 Å². The molecule has 7 nitrogen and oxygen atoms in total. The summed E-state index contributed by atoms with van der Waals surface area (Å²) in [6.45, 7) is 9.98. The van der Waals surface area contributed by atoms with E-state index in [0.717, 1.165) is 31.6 Å². The zero-order valence-electron chi connectivity index (χ0n) is 18.7. The standard InChI is InChI=1S/C23H36N4O3/c1-22(2,3)30-21(29)24-16-23(4,17-8-9-17)26-20(28)25-18-10-12-19(13-11-18)27-14-6-5-7-15-27/h10-13,17H,5-9,14-16H2,1-4H3,(H,24,29)(H2,25,26,28)/t23-/m1/s1. The van der Waals surface area contributed by atoms with Crippen molar-refractivity contribution in [2.24, 2.45) is 5.92 Å². The van der Waals surface area contributed by atoms with Gasteiger partial charge in [-0.15, -0.1) is 0 Å². The van der Waals surface area contributed by atoms with E-state index < -0.39 is 17.2 Å². The number of anilines is 2. The third-order valence-corrected chi connectivity index (χ3v) is 5.72. The number of amides is 3. The number of ether oxygens (including phenoxy) is 1. The molecule has 1 atom stereocenters. The minimum Gasteiger partial charge on any atom is -0.444 e. The number of rotatable bonds is 6. The highest BCUT2D eigenvalue weighted by molar-refractivity contribution is 5.90. The molecule has 2 aliphatic rings. The van der Waals surface area contributed by atoms with Gasteiger partial charge in [0.25, 0.3) is 0 Å². The topological polar surface area (TPSA) is 82.7 Å². The van der Waals surface area contributed by atoms with Crippen LogP contribution in [0.1, 0.15) is 59.8 Å². The number of alkyl carbamates (subject to hydrolysis) is 1. The van der Waals surface area contributed by atoms with Gasteiger partial charge in [-0.25, -0.2) is 9.59 Å². The van der Waals surface area contributed by atoms with Gasteiger partial charge in [-0.3, -0.25) is 0 Å². The maximum absolute atomic E-state index is 12.6. The van der Waals surface area contributed by atoms with Crippen molar-refractivity contribution < 1.29 is 14.3 Å². The van der Waals surface area contributed by atoms with Crippen LogP contribution in [0.2, 0.25) is 0 Å². The third kappa shape index (κ3) is 6.54. The van der Waals surface area contributed by atoms with E-state index in [1.54, 1.807) is 0 Å². The van der Waals surface area contributed by atoms with Gasteiger partial charge in [0.15, 0.2) is 0 Å². The van der Waals surface area contributed by atoms with Gasteiger partial charge >= 0.3 is 12.1 Å². The third-order valence-electron chi connectivity index (χ3n) is 5.72. The molecule has 166 valence electrons. The molecule has 1 saturated heterocycles. The largest absolute Gasteiger partial charge is 0.444 e. The Hall–Kier alpha value is -2.44. The molecule has 1 saturated carbocycles. The first-order valence-corrected chi connectivity index (χ1v) is 11.1. The molecule has 1 aromatic rings. The highest BCUT2D eigenvalue weighted by Crippen LogP contribution is 2.39. The molecule has 1 aromatic carbocycles. The molecule has 3 rings (SSSR count). The van der Waals surface area contributed by atoms with Gasteiger partial charge in [-0.1, -0.05) is 0 Å². The van der Waals surface area contributed by atoms with E-state index in [2.05, 4.69) is 33.0 Å². The first kappa shape index (κ1) is 22.2. The molecule has 1 aliphatic carbocycles. The van der Waals surface area contributed by atoms with Crippen molar-refractivity contribution in [3.05, 3.63) is 24.3 Å². The first-order chi connectivity index (χ1) is 14.1. The molecule has 3 amide bonds. The van der Waals surface area contributed by atoms with Crippen LogP contribution in [0.15, 0.2) is 24.3 Å². The fourth-order valence-corrected chi connectivity index (χ4v) is 3.91. The second-order valence-corrected chi connectivity index (χ2v) is 9.72. The van der Waals surface area contributed by atoms with Crippen LogP contribution in [0.3, 0.4) is 0 Å². The van der Waals surface area contributed by atoms with E-state index in [4.69, 9.17) is 4.74 Å². The van der Waals surface area contributed by atoms with Crippen molar-refractivity contribution in [1.82, 2.24) is 10.6 Å². The smallest absolute Gasteiger partial charge is 0.407 e. The van der Waals surface area contributed by atoms with Crippen LogP contribution < -0.4 is 20.9 Å². The number of piperidine rings is 1. The molecule has 3 N–H and O–H groups in total. The maximum atomic E-state index is 12.6. The second kappa shape index (κ2) is 9.14. The second-order valence-electron chi connectivity index (χ2n) is 9.72. The van der Waals surface area contributed by atoms with Crippen LogP contribution in [0.25, 0.3) is 0 Å². The van der Waals surface area contributed by atoms with E-state index in [1.807, 2.05) is 39.8 Å². The van der Waals surface area contributed by atoms with E-state index in [1.165, 1.54) is 24.9 Å². The molecule has 0 unspecified atom stereocenters. The lowest BCUT2D eigenvalue weighted by Gasteiger charge is -2.32. The van der Waals surface area contributed by atoms with Gasteiger partial charge in [0.2, 0.25) is 0 Å². The van der Waals surface area contributed by atoms with Crippen LogP contribution >= 0.6 is 0 Å². The fourth-order valence-electron chi connectivity index (χ4n) is 3.91. The molecule has 1 aliphatic heterocycles.